The Hall–Kier alpha value is -2.89. The van der Waals surface area contributed by atoms with E-state index in [2.05, 4.69) is 0 Å². The van der Waals surface area contributed by atoms with Crippen molar-refractivity contribution >= 4 is 46.1 Å². The lowest BCUT2D eigenvalue weighted by molar-refractivity contribution is -0.132. The van der Waals surface area contributed by atoms with E-state index >= 15 is 0 Å². The minimum atomic E-state index is -0.711. The largest absolute Gasteiger partial charge is 0.507 e. The normalized spacial score (nSPS) is 18.6. The maximum absolute atomic E-state index is 13.0. The van der Waals surface area contributed by atoms with Crippen LogP contribution in [0.2, 0.25) is 5.02 Å². The van der Waals surface area contributed by atoms with E-state index < -0.39 is 17.7 Å². The van der Waals surface area contributed by atoms with Gasteiger partial charge in [0.25, 0.3) is 11.7 Å². The first-order valence-corrected chi connectivity index (χ1v) is 9.91. The molecule has 1 aliphatic rings. The van der Waals surface area contributed by atoms with Crippen molar-refractivity contribution < 1.29 is 14.7 Å². The van der Waals surface area contributed by atoms with Crippen LogP contribution in [0.1, 0.15) is 22.0 Å². The summed E-state index contributed by atoms with van der Waals surface area (Å²) in [7, 11) is 0. The van der Waals surface area contributed by atoms with Crippen LogP contribution in [0.5, 0.6) is 0 Å². The number of Topliss-reactive ketones (excluding diaryl/α,β-unsaturated/α-hetero) is 1. The number of amides is 1. The Balaban J connectivity index is 1.97. The lowest BCUT2D eigenvalue weighted by Gasteiger charge is -2.25. The van der Waals surface area contributed by atoms with Gasteiger partial charge >= 0.3 is 0 Å². The molecule has 1 amide bonds. The first kappa shape index (κ1) is 18.5. The molecule has 3 aromatic rings. The van der Waals surface area contributed by atoms with E-state index in [-0.39, 0.29) is 11.3 Å². The molecule has 1 fully saturated rings. The number of carbonyl (C=O) groups excluding carboxylic acids is 2. The third-order valence-electron chi connectivity index (χ3n) is 4.74. The van der Waals surface area contributed by atoms with Crippen LogP contribution in [0.3, 0.4) is 0 Å². The lowest BCUT2D eigenvalue weighted by atomic mass is 9.99. The number of ketones is 1. The number of thiophene rings is 1. The van der Waals surface area contributed by atoms with Crippen LogP contribution in [-0.2, 0) is 9.59 Å². The molecule has 4 rings (SSSR count). The van der Waals surface area contributed by atoms with Crippen LogP contribution < -0.4 is 4.90 Å². The summed E-state index contributed by atoms with van der Waals surface area (Å²) in [6.07, 6.45) is 0. The molecule has 0 saturated carbocycles. The van der Waals surface area contributed by atoms with Crippen LogP contribution in [0, 0.1) is 6.92 Å². The Kier molecular flexibility index (Phi) is 4.79. The average molecular weight is 410 g/mol. The summed E-state index contributed by atoms with van der Waals surface area (Å²) in [6.45, 7) is 1.85. The minimum absolute atomic E-state index is 0.0815. The molecule has 0 aliphatic carbocycles. The molecule has 1 unspecified atom stereocenters. The Morgan fingerprint density at radius 2 is 1.82 bits per heavy atom. The fraction of sp³-hybridized carbons (Fsp3) is 0.0909. The summed E-state index contributed by atoms with van der Waals surface area (Å²) in [6, 6.07) is 17.0. The van der Waals surface area contributed by atoms with Crippen molar-refractivity contribution in [1.29, 1.82) is 0 Å². The zero-order chi connectivity index (χ0) is 19.8. The summed E-state index contributed by atoms with van der Waals surface area (Å²) < 4.78 is 0. The molecule has 140 valence electrons. The Morgan fingerprint density at radius 1 is 1.07 bits per heavy atom. The molecule has 0 radical (unpaired) electrons. The van der Waals surface area contributed by atoms with Gasteiger partial charge in [-0.3, -0.25) is 14.5 Å². The molecule has 1 saturated heterocycles. The monoisotopic (exact) mass is 409 g/mol. The maximum Gasteiger partial charge on any atom is 0.300 e. The van der Waals surface area contributed by atoms with Crippen molar-refractivity contribution in [2.24, 2.45) is 0 Å². The van der Waals surface area contributed by atoms with Gasteiger partial charge in [0.1, 0.15) is 11.8 Å². The Morgan fingerprint density at radius 3 is 2.50 bits per heavy atom. The van der Waals surface area contributed by atoms with Gasteiger partial charge < -0.3 is 5.11 Å². The molecule has 1 aliphatic heterocycles. The summed E-state index contributed by atoms with van der Waals surface area (Å²) in [5.74, 6) is -1.57. The van der Waals surface area contributed by atoms with E-state index in [1.54, 1.807) is 42.5 Å². The molecular formula is C22H16ClNO3S. The third kappa shape index (κ3) is 3.03. The Bertz CT molecular complexity index is 1090. The van der Waals surface area contributed by atoms with Crippen LogP contribution in [0.4, 0.5) is 5.69 Å². The van der Waals surface area contributed by atoms with E-state index in [1.807, 2.05) is 30.5 Å². The minimum Gasteiger partial charge on any atom is -0.507 e. The number of halogens is 1. The van der Waals surface area contributed by atoms with Crippen molar-refractivity contribution in [3.8, 4) is 0 Å². The molecule has 2 aromatic carbocycles. The van der Waals surface area contributed by atoms with Gasteiger partial charge in [-0.15, -0.1) is 11.3 Å². The van der Waals surface area contributed by atoms with Gasteiger partial charge in [0.05, 0.1) is 5.57 Å². The number of nitrogens with zero attached hydrogens (tertiary/aromatic N) is 1. The first-order valence-electron chi connectivity index (χ1n) is 8.65. The predicted octanol–water partition coefficient (Wildman–Crippen LogP) is 5.34. The van der Waals surface area contributed by atoms with E-state index in [9.17, 15) is 14.7 Å². The summed E-state index contributed by atoms with van der Waals surface area (Å²) in [5, 5.41) is 13.3. The molecule has 0 bridgehead atoms. The van der Waals surface area contributed by atoms with Crippen molar-refractivity contribution in [1.82, 2.24) is 0 Å². The van der Waals surface area contributed by atoms with Crippen molar-refractivity contribution in [3.05, 3.63) is 92.6 Å². The number of aryl methyl sites for hydroxylation is 1. The fourth-order valence-corrected chi connectivity index (χ4v) is 4.38. The standard InChI is InChI=1S/C22H16ClNO3S/c1-13-9-10-15(23)12-16(13)24-19(17-8-5-11-28-17)18(21(26)22(24)27)20(25)14-6-3-2-4-7-14/h2-12,19,25H,1H3/b20-18-. The topological polar surface area (TPSA) is 57.6 Å². The van der Waals surface area contributed by atoms with Gasteiger partial charge in [0.2, 0.25) is 0 Å². The van der Waals surface area contributed by atoms with Crippen LogP contribution in [0.15, 0.2) is 71.6 Å². The van der Waals surface area contributed by atoms with Gasteiger partial charge in [-0.05, 0) is 36.1 Å². The number of carbonyl (C=O) groups is 2. The highest BCUT2D eigenvalue weighted by molar-refractivity contribution is 7.10. The van der Waals surface area contributed by atoms with Gasteiger partial charge in [-0.25, -0.2) is 0 Å². The Labute approximate surface area is 171 Å². The zero-order valence-electron chi connectivity index (χ0n) is 14.9. The number of anilines is 1. The number of aliphatic hydroxyl groups excluding tert-OH is 1. The smallest absolute Gasteiger partial charge is 0.300 e. The summed E-state index contributed by atoms with van der Waals surface area (Å²) >= 11 is 7.59. The molecule has 28 heavy (non-hydrogen) atoms. The second-order valence-corrected chi connectivity index (χ2v) is 7.90. The highest BCUT2D eigenvalue weighted by Crippen LogP contribution is 2.44. The molecule has 1 N–H and O–H groups in total. The number of aliphatic hydroxyl groups is 1. The molecule has 2 heterocycles. The molecule has 1 atom stereocenters. The van der Waals surface area contributed by atoms with Crippen LogP contribution in [0.25, 0.3) is 5.76 Å². The van der Waals surface area contributed by atoms with Crippen LogP contribution >= 0.6 is 22.9 Å². The molecular weight excluding hydrogens is 394 g/mol. The van der Waals surface area contributed by atoms with Gasteiger partial charge in [0, 0.05) is 21.2 Å². The van der Waals surface area contributed by atoms with Gasteiger partial charge in [0.15, 0.2) is 0 Å². The van der Waals surface area contributed by atoms with Crippen molar-refractivity contribution in [2.75, 3.05) is 4.90 Å². The predicted molar refractivity (Wildman–Crippen MR) is 112 cm³/mol. The van der Waals surface area contributed by atoms with E-state index in [0.29, 0.717) is 16.3 Å². The van der Waals surface area contributed by atoms with Gasteiger partial charge in [-0.2, -0.15) is 0 Å². The van der Waals surface area contributed by atoms with Crippen molar-refractivity contribution in [3.63, 3.8) is 0 Å². The van der Waals surface area contributed by atoms with E-state index in [4.69, 9.17) is 11.6 Å². The summed E-state index contributed by atoms with van der Waals surface area (Å²) in [4.78, 5) is 28.2. The van der Waals surface area contributed by atoms with Crippen molar-refractivity contribution in [2.45, 2.75) is 13.0 Å². The number of rotatable bonds is 3. The lowest BCUT2D eigenvalue weighted by Crippen LogP contribution is -2.29. The number of benzene rings is 2. The molecule has 1 aromatic heterocycles. The average Bonchev–Trinajstić information content (AvgIpc) is 3.31. The second-order valence-electron chi connectivity index (χ2n) is 6.48. The summed E-state index contributed by atoms with van der Waals surface area (Å²) in [5.41, 5.74) is 1.94. The zero-order valence-corrected chi connectivity index (χ0v) is 16.5. The maximum atomic E-state index is 13.0. The van der Waals surface area contributed by atoms with Gasteiger partial charge in [-0.1, -0.05) is 54.1 Å². The highest BCUT2D eigenvalue weighted by Gasteiger charge is 2.47. The molecule has 0 spiro atoms. The van der Waals surface area contributed by atoms with E-state index in [0.717, 1.165) is 10.4 Å². The first-order chi connectivity index (χ1) is 13.5. The quantitative estimate of drug-likeness (QED) is 0.361. The fourth-order valence-electron chi connectivity index (χ4n) is 3.39. The second kappa shape index (κ2) is 7.26. The molecule has 4 nitrogen and oxygen atoms in total. The third-order valence-corrected chi connectivity index (χ3v) is 5.89. The van der Waals surface area contributed by atoms with Crippen LogP contribution in [-0.4, -0.2) is 16.8 Å². The van der Waals surface area contributed by atoms with E-state index in [1.165, 1.54) is 16.2 Å². The number of hydrogen-bond acceptors (Lipinski definition) is 4. The molecule has 6 heteroatoms. The number of hydrogen-bond donors (Lipinski definition) is 1. The SMILES string of the molecule is Cc1ccc(Cl)cc1N1C(=O)C(=O)/C(=C(\O)c2ccccc2)C1c1cccs1. The highest BCUT2D eigenvalue weighted by atomic mass is 35.5.